The Kier molecular flexibility index (Phi) is 6.49. The Hall–Kier alpha value is -2.00. The van der Waals surface area contributed by atoms with Gasteiger partial charge in [-0.25, -0.2) is 13.1 Å². The summed E-state index contributed by atoms with van der Waals surface area (Å²) >= 11 is 0. The van der Waals surface area contributed by atoms with Gasteiger partial charge in [-0.3, -0.25) is 14.9 Å². The third-order valence-corrected chi connectivity index (χ3v) is 5.71. The molecular weight excluding hydrogens is 346 g/mol. The fourth-order valence-corrected chi connectivity index (χ4v) is 3.88. The molecule has 1 saturated heterocycles. The van der Waals surface area contributed by atoms with Crippen molar-refractivity contribution >= 4 is 21.6 Å². The molecule has 138 valence electrons. The van der Waals surface area contributed by atoms with E-state index in [9.17, 15) is 23.3 Å². The van der Waals surface area contributed by atoms with Gasteiger partial charge in [-0.1, -0.05) is 12.5 Å². The van der Waals surface area contributed by atoms with Crippen LogP contribution in [-0.4, -0.2) is 43.8 Å². The van der Waals surface area contributed by atoms with E-state index < -0.39 is 14.9 Å². The molecule has 1 amide bonds. The molecule has 9 heteroatoms. The van der Waals surface area contributed by atoms with E-state index in [4.69, 9.17) is 0 Å². The highest BCUT2D eigenvalue weighted by molar-refractivity contribution is 7.89. The first-order chi connectivity index (χ1) is 11.8. The molecule has 1 aromatic carbocycles. The van der Waals surface area contributed by atoms with Crippen LogP contribution in [0, 0.1) is 17.0 Å². The Morgan fingerprint density at radius 3 is 2.76 bits per heavy atom. The maximum absolute atomic E-state index is 12.3. The maximum atomic E-state index is 12.3. The van der Waals surface area contributed by atoms with Gasteiger partial charge in [0.05, 0.1) is 9.82 Å². The lowest BCUT2D eigenvalue weighted by Gasteiger charge is -2.20. The van der Waals surface area contributed by atoms with Crippen LogP contribution in [0.5, 0.6) is 0 Å². The van der Waals surface area contributed by atoms with Crippen LogP contribution in [-0.2, 0) is 14.8 Å². The highest BCUT2D eigenvalue weighted by atomic mass is 32.2. The zero-order valence-electron chi connectivity index (χ0n) is 14.2. The molecule has 25 heavy (non-hydrogen) atoms. The number of rotatable bonds is 7. The number of aryl methyl sites for hydroxylation is 1. The second kappa shape index (κ2) is 8.39. The second-order valence-corrected chi connectivity index (χ2v) is 7.92. The van der Waals surface area contributed by atoms with E-state index in [1.165, 1.54) is 12.1 Å². The average molecular weight is 369 g/mol. The number of nitrogens with one attached hydrogen (secondary N) is 1. The van der Waals surface area contributed by atoms with Crippen LogP contribution in [0.25, 0.3) is 0 Å². The van der Waals surface area contributed by atoms with E-state index in [2.05, 4.69) is 4.72 Å². The van der Waals surface area contributed by atoms with Crippen molar-refractivity contribution in [3.8, 4) is 0 Å². The molecule has 1 heterocycles. The summed E-state index contributed by atoms with van der Waals surface area (Å²) in [6.07, 6.45) is 3.98. The first-order valence-corrected chi connectivity index (χ1v) is 9.82. The Bertz CT molecular complexity index is 748. The van der Waals surface area contributed by atoms with E-state index in [1.807, 2.05) is 0 Å². The van der Waals surface area contributed by atoms with E-state index in [0.717, 1.165) is 31.9 Å². The van der Waals surface area contributed by atoms with Gasteiger partial charge < -0.3 is 4.90 Å². The Balaban J connectivity index is 1.92. The van der Waals surface area contributed by atoms with Crippen molar-refractivity contribution < 1.29 is 18.1 Å². The van der Waals surface area contributed by atoms with Gasteiger partial charge in [-0.15, -0.1) is 0 Å². The second-order valence-electron chi connectivity index (χ2n) is 6.15. The molecule has 1 aliphatic heterocycles. The molecule has 0 spiro atoms. The fraction of sp³-hybridized carbons (Fsp3) is 0.562. The molecule has 8 nitrogen and oxygen atoms in total. The zero-order valence-corrected chi connectivity index (χ0v) is 15.0. The number of hydrogen-bond donors (Lipinski definition) is 1. The number of hydrogen-bond acceptors (Lipinski definition) is 5. The summed E-state index contributed by atoms with van der Waals surface area (Å²) < 4.78 is 27.0. The van der Waals surface area contributed by atoms with Gasteiger partial charge in [0.2, 0.25) is 15.9 Å². The molecule has 0 aromatic heterocycles. The minimum Gasteiger partial charge on any atom is -0.343 e. The summed E-state index contributed by atoms with van der Waals surface area (Å²) in [5, 5.41) is 10.9. The Morgan fingerprint density at radius 1 is 1.28 bits per heavy atom. The van der Waals surface area contributed by atoms with Crippen molar-refractivity contribution in [2.45, 2.75) is 43.9 Å². The summed E-state index contributed by atoms with van der Waals surface area (Å²) in [6, 6.07) is 3.83. The van der Waals surface area contributed by atoms with E-state index >= 15 is 0 Å². The van der Waals surface area contributed by atoms with Crippen LogP contribution in [0.2, 0.25) is 0 Å². The normalized spacial score (nSPS) is 15.9. The molecule has 0 aliphatic carbocycles. The average Bonchev–Trinajstić information content (AvgIpc) is 2.76. The Labute approximate surface area is 147 Å². The van der Waals surface area contributed by atoms with Crippen LogP contribution in [0.15, 0.2) is 23.1 Å². The van der Waals surface area contributed by atoms with E-state index in [-0.39, 0.29) is 23.0 Å². The molecule has 1 aromatic rings. The van der Waals surface area contributed by atoms with Gasteiger partial charge in [0.1, 0.15) is 0 Å². The number of sulfonamides is 1. The summed E-state index contributed by atoms with van der Waals surface area (Å²) in [4.78, 5) is 23.9. The summed E-state index contributed by atoms with van der Waals surface area (Å²) in [5.74, 6) is 0.120. The number of likely N-dealkylation sites (tertiary alicyclic amines) is 1. The quantitative estimate of drug-likeness (QED) is 0.449. The fourth-order valence-electron chi connectivity index (χ4n) is 2.79. The van der Waals surface area contributed by atoms with Gasteiger partial charge in [-0.05, 0) is 32.3 Å². The van der Waals surface area contributed by atoms with Gasteiger partial charge >= 0.3 is 0 Å². The zero-order chi connectivity index (χ0) is 18.4. The number of nitro groups is 1. The number of carbonyl (C=O) groups excluding carboxylic acids is 1. The molecule has 0 bridgehead atoms. The molecule has 0 atom stereocenters. The van der Waals surface area contributed by atoms with Crippen molar-refractivity contribution in [3.63, 3.8) is 0 Å². The molecule has 2 rings (SSSR count). The van der Waals surface area contributed by atoms with Crippen LogP contribution in [0.3, 0.4) is 0 Å². The third kappa shape index (κ3) is 5.23. The summed E-state index contributed by atoms with van der Waals surface area (Å²) in [7, 11) is -3.81. The highest BCUT2D eigenvalue weighted by Gasteiger charge is 2.20. The third-order valence-electron chi connectivity index (χ3n) is 4.26. The predicted molar refractivity (Wildman–Crippen MR) is 92.7 cm³/mol. The van der Waals surface area contributed by atoms with Gasteiger partial charge in [-0.2, -0.15) is 0 Å². The van der Waals surface area contributed by atoms with Gasteiger partial charge in [0, 0.05) is 37.7 Å². The van der Waals surface area contributed by atoms with Crippen LogP contribution in [0.1, 0.15) is 37.7 Å². The lowest BCUT2D eigenvalue weighted by molar-refractivity contribution is -0.385. The standard InChI is InChI=1S/C16H23N3O5S/c1-13-7-8-14(12-15(13)19(21)22)25(23,24)17-9-5-11-18-10-4-2-3-6-16(18)20/h7-8,12,17H,2-6,9-11H2,1H3. The number of carbonyl (C=O) groups is 1. The van der Waals surface area contributed by atoms with Crippen molar-refractivity contribution in [1.82, 2.24) is 9.62 Å². The number of nitrogens with zero attached hydrogens (tertiary/aromatic N) is 2. The first kappa shape index (κ1) is 19.3. The molecule has 1 aliphatic rings. The number of amides is 1. The van der Waals surface area contributed by atoms with Crippen LogP contribution in [0.4, 0.5) is 5.69 Å². The van der Waals surface area contributed by atoms with Gasteiger partial charge in [0.25, 0.3) is 5.69 Å². The SMILES string of the molecule is Cc1ccc(S(=O)(=O)NCCCN2CCCCCC2=O)cc1[N+](=O)[O-]. The summed E-state index contributed by atoms with van der Waals surface area (Å²) in [5.41, 5.74) is 0.182. The van der Waals surface area contributed by atoms with Crippen molar-refractivity contribution in [1.29, 1.82) is 0 Å². The minimum absolute atomic E-state index is 0.120. The maximum Gasteiger partial charge on any atom is 0.273 e. The predicted octanol–water partition coefficient (Wildman–Crippen LogP) is 1.97. The van der Waals surface area contributed by atoms with E-state index in [0.29, 0.717) is 24.9 Å². The van der Waals surface area contributed by atoms with Crippen molar-refractivity contribution in [2.75, 3.05) is 19.6 Å². The van der Waals surface area contributed by atoms with Crippen LogP contribution >= 0.6 is 0 Å². The molecular formula is C16H23N3O5S. The summed E-state index contributed by atoms with van der Waals surface area (Å²) in [6.45, 7) is 2.96. The highest BCUT2D eigenvalue weighted by Crippen LogP contribution is 2.22. The lowest BCUT2D eigenvalue weighted by Crippen LogP contribution is -2.34. The first-order valence-electron chi connectivity index (χ1n) is 8.34. The van der Waals surface area contributed by atoms with Crippen molar-refractivity contribution in [2.24, 2.45) is 0 Å². The van der Waals surface area contributed by atoms with E-state index in [1.54, 1.807) is 11.8 Å². The van der Waals surface area contributed by atoms with Crippen LogP contribution < -0.4 is 4.72 Å². The Morgan fingerprint density at radius 2 is 2.04 bits per heavy atom. The largest absolute Gasteiger partial charge is 0.343 e. The minimum atomic E-state index is -3.81. The molecule has 0 unspecified atom stereocenters. The van der Waals surface area contributed by atoms with Gasteiger partial charge in [0.15, 0.2) is 0 Å². The lowest BCUT2D eigenvalue weighted by atomic mass is 10.2. The monoisotopic (exact) mass is 369 g/mol. The molecule has 0 radical (unpaired) electrons. The molecule has 1 N–H and O–H groups in total. The smallest absolute Gasteiger partial charge is 0.273 e. The number of nitro benzene ring substituents is 1. The topological polar surface area (TPSA) is 110 Å². The van der Waals surface area contributed by atoms with Crippen molar-refractivity contribution in [3.05, 3.63) is 33.9 Å². The number of benzene rings is 1. The molecule has 0 saturated carbocycles. The molecule has 1 fully saturated rings.